The lowest BCUT2D eigenvalue weighted by Crippen LogP contribution is -2.56. The van der Waals surface area contributed by atoms with Gasteiger partial charge in [0, 0.05) is 43.2 Å². The number of nitrogens with zero attached hydrogens (tertiary/aromatic N) is 4. The van der Waals surface area contributed by atoms with Gasteiger partial charge < -0.3 is 78.6 Å². The molecule has 5 rings (SSSR count). The summed E-state index contributed by atoms with van der Waals surface area (Å²) in [5.41, 5.74) is 22.2. The molecule has 94 heavy (non-hydrogen) atoms. The number of hydrogen-bond donors (Lipinski definition) is 12. The minimum Gasteiger partial charge on any atom is -0.492 e. The number of urea groups is 1. The molecule has 27 nitrogen and oxygen atoms in total. The van der Waals surface area contributed by atoms with Crippen LogP contribution in [0.3, 0.4) is 0 Å². The van der Waals surface area contributed by atoms with Crippen molar-refractivity contribution >= 4 is 59.2 Å². The summed E-state index contributed by atoms with van der Waals surface area (Å²) in [6.45, 7) is 9.89. The van der Waals surface area contributed by atoms with E-state index in [2.05, 4.69) is 57.3 Å². The number of carbonyl (C=O) groups is 9. The molecule has 4 bridgehead atoms. The summed E-state index contributed by atoms with van der Waals surface area (Å²) in [5, 5.41) is 51.0. The highest BCUT2D eigenvalue weighted by atomic mass is 19.4. The number of ether oxygens (including phenoxy) is 2. The second-order valence-electron chi connectivity index (χ2n) is 20.0. The van der Waals surface area contributed by atoms with E-state index in [0.29, 0.717) is 51.0 Å². The zero-order valence-corrected chi connectivity index (χ0v) is 50.2. The summed E-state index contributed by atoms with van der Waals surface area (Å²) in [6, 6.07) is 14.2. The number of fused-ring (bicyclic) bond motifs is 5. The zero-order chi connectivity index (χ0) is 72.4. The molecule has 1 aliphatic heterocycles. The third kappa shape index (κ3) is 27.4. The molecule has 4 aromatic rings. The third-order valence-corrected chi connectivity index (χ3v) is 11.8. The largest absolute Gasteiger partial charge is 0.492 e. The maximum atomic E-state index is 14.6. The first-order valence-corrected chi connectivity index (χ1v) is 26.6. The Morgan fingerprint density at radius 2 is 1.18 bits per heavy atom. The smallest absolute Gasteiger partial charge is 0.490 e. The third-order valence-electron chi connectivity index (χ3n) is 11.8. The van der Waals surface area contributed by atoms with Gasteiger partial charge in [0.05, 0.1) is 23.6 Å². The Morgan fingerprint density at radius 1 is 0.713 bits per heavy atom. The Balaban J connectivity index is 0.00000130. The molecule has 0 spiro atoms. The lowest BCUT2D eigenvalue weighted by Gasteiger charge is -2.32. The standard InChI is InChI=1S/C47H60N12O7.4C2HF3O2/c1-27-37(26-53-41(54-27)30-8-11-32(12-9-30)47(3,4)5)58-46(64)57-35(15-16-48)45(63)59(6)40-31-10-14-39(66-22-19-51)34(25-31)33-23-29(7-13-38(33)65-21-18-50)24-36(43(61)52-20-17-49)56-42(60)28(2)55-44(40)62;4*3-2(4,5)1(6)7/h7-14,23,25-26,28,35-36,40H,15-16,18-22,24,48,50-51H2,1-6H3,(H,52,61)(H,55,62)(H,56,60)(H2,57,58,64);4*(H,6,7)/t28-,35-,36-,40-;;;;/m0..../s1. The quantitative estimate of drug-likeness (QED) is 0.0559. The number of amides is 6. The maximum absolute atomic E-state index is 14.6. The Bertz CT molecular complexity index is 3230. The molecular weight excluding hydrogens is 1300 g/mol. The minimum absolute atomic E-state index is 0.000370. The predicted octanol–water partition coefficient (Wildman–Crippen LogP) is 4.85. The SMILES string of the molecule is Cc1nc(-c2ccc(C(C)(C)C)cc2)ncc1NC(=O)N[C@@H](CCN)C(=O)N(C)[C@@H]1C(=O)N[C@@H](C)C(=O)N[C@H](C(=O)NCC#N)Cc2ccc(OCCN)c(c2)-c2cc1ccc2OCCN.O=C(O)C(F)(F)F.O=C(O)C(F)(F)F.O=C(O)C(F)(F)F.O=C(O)C(F)(F)F. The molecule has 0 saturated carbocycles. The normalized spacial score (nSPS) is 15.0. The summed E-state index contributed by atoms with van der Waals surface area (Å²) in [6.07, 6.45) is -18.9. The van der Waals surface area contributed by atoms with E-state index in [-0.39, 0.29) is 57.6 Å². The summed E-state index contributed by atoms with van der Waals surface area (Å²) in [5.74, 6) is -12.6. The number of alkyl halides is 12. The van der Waals surface area contributed by atoms with Crippen molar-refractivity contribution in [3.63, 3.8) is 0 Å². The molecule has 0 fully saturated rings. The van der Waals surface area contributed by atoms with E-state index in [1.165, 1.54) is 25.1 Å². The highest BCUT2D eigenvalue weighted by Gasteiger charge is 2.41. The minimum atomic E-state index is -5.08. The van der Waals surface area contributed by atoms with Gasteiger partial charge in [0.25, 0.3) is 0 Å². The van der Waals surface area contributed by atoms with Crippen molar-refractivity contribution in [2.24, 2.45) is 17.2 Å². The van der Waals surface area contributed by atoms with Gasteiger partial charge in [-0.25, -0.2) is 33.9 Å². The molecule has 4 atom stereocenters. The number of aryl methyl sites for hydroxylation is 1. The van der Waals surface area contributed by atoms with Crippen molar-refractivity contribution in [3.8, 4) is 40.1 Å². The molecule has 1 aromatic heterocycles. The van der Waals surface area contributed by atoms with Crippen LogP contribution >= 0.6 is 0 Å². The van der Waals surface area contributed by atoms with Crippen molar-refractivity contribution in [1.29, 1.82) is 5.26 Å². The van der Waals surface area contributed by atoms with Gasteiger partial charge in [-0.05, 0) is 73.2 Å². The summed E-state index contributed by atoms with van der Waals surface area (Å²) < 4.78 is 139. The van der Waals surface area contributed by atoms with E-state index in [1.807, 2.05) is 30.3 Å². The second kappa shape index (κ2) is 36.2. The fourth-order valence-corrected chi connectivity index (χ4v) is 7.29. The number of aromatic nitrogens is 2. The van der Waals surface area contributed by atoms with Gasteiger partial charge in [-0.3, -0.25) is 19.2 Å². The number of benzene rings is 3. The number of nitrogens with one attached hydrogen (secondary N) is 5. The van der Waals surface area contributed by atoms with Gasteiger partial charge in [0.1, 0.15) is 55.4 Å². The number of likely N-dealkylation sites (N-methyl/N-ethyl adjacent to an activating group) is 1. The van der Waals surface area contributed by atoms with Gasteiger partial charge in [-0.2, -0.15) is 57.9 Å². The number of halogens is 12. The van der Waals surface area contributed by atoms with Crippen molar-refractivity contribution < 1.29 is 126 Å². The molecule has 518 valence electrons. The van der Waals surface area contributed by atoms with E-state index in [9.17, 15) is 76.7 Å². The zero-order valence-electron chi connectivity index (χ0n) is 50.2. The monoisotopic (exact) mass is 1360 g/mol. The van der Waals surface area contributed by atoms with Crippen LogP contribution in [0, 0.1) is 18.3 Å². The van der Waals surface area contributed by atoms with Gasteiger partial charge in [-0.1, -0.05) is 57.2 Å². The second-order valence-corrected chi connectivity index (χ2v) is 20.0. The predicted molar refractivity (Wildman–Crippen MR) is 304 cm³/mol. The molecule has 3 aromatic carbocycles. The van der Waals surface area contributed by atoms with Crippen LogP contribution in [0.4, 0.5) is 63.2 Å². The van der Waals surface area contributed by atoms with Gasteiger partial charge in [0.2, 0.25) is 23.6 Å². The van der Waals surface area contributed by atoms with Crippen molar-refractivity contribution in [3.05, 3.63) is 89.2 Å². The van der Waals surface area contributed by atoms with Crippen LogP contribution < -0.4 is 53.3 Å². The van der Waals surface area contributed by atoms with Gasteiger partial charge in [-0.15, -0.1) is 0 Å². The van der Waals surface area contributed by atoms with Gasteiger partial charge >= 0.3 is 54.6 Å². The number of rotatable bonds is 15. The van der Waals surface area contributed by atoms with E-state index in [1.54, 1.807) is 43.3 Å². The van der Waals surface area contributed by atoms with Crippen molar-refractivity contribution in [2.75, 3.05) is 51.8 Å². The lowest BCUT2D eigenvalue weighted by molar-refractivity contribution is -0.193. The highest BCUT2D eigenvalue weighted by molar-refractivity contribution is 5.98. The number of aliphatic carboxylic acids is 4. The Labute approximate surface area is 525 Å². The number of nitrogens with two attached hydrogens (primary N) is 3. The molecule has 1 aliphatic rings. The van der Waals surface area contributed by atoms with Crippen LogP contribution in [0.15, 0.2) is 66.9 Å². The first kappa shape index (κ1) is 81.9. The fraction of sp³-hybridized carbons (Fsp3) is 0.418. The number of anilines is 1. The molecule has 0 unspecified atom stereocenters. The average Bonchev–Trinajstić information content (AvgIpc) is 0.784. The number of carboxylic acid groups (broad SMARTS) is 4. The van der Waals surface area contributed by atoms with Crippen LogP contribution in [0.25, 0.3) is 22.5 Å². The molecule has 2 heterocycles. The molecule has 6 amide bonds. The first-order valence-electron chi connectivity index (χ1n) is 26.6. The fourth-order valence-electron chi connectivity index (χ4n) is 7.29. The summed E-state index contributed by atoms with van der Waals surface area (Å²) >= 11 is 0. The maximum Gasteiger partial charge on any atom is 0.490 e. The Hall–Kier alpha value is -10.1. The van der Waals surface area contributed by atoms with Crippen LogP contribution in [-0.4, -0.2) is 178 Å². The average molecular weight is 1360 g/mol. The number of carbonyl (C=O) groups excluding carboxylic acids is 5. The first-order chi connectivity index (χ1) is 43.3. The van der Waals surface area contributed by atoms with Gasteiger partial charge in [0.15, 0.2) is 5.82 Å². The van der Waals surface area contributed by atoms with Crippen LogP contribution in [-0.2, 0) is 50.2 Å². The van der Waals surface area contributed by atoms with Crippen molar-refractivity contribution in [2.45, 2.75) is 102 Å². The number of nitriles is 1. The topological polar surface area (TPSA) is 444 Å². The van der Waals surface area contributed by atoms with E-state index >= 15 is 0 Å². The van der Waals surface area contributed by atoms with E-state index < -0.39 is 102 Å². The number of hydrogen-bond acceptors (Lipinski definition) is 17. The van der Waals surface area contributed by atoms with Crippen LogP contribution in [0.5, 0.6) is 11.5 Å². The highest BCUT2D eigenvalue weighted by Crippen LogP contribution is 2.40. The summed E-state index contributed by atoms with van der Waals surface area (Å²) in [4.78, 5) is 116. The Kier molecular flexibility index (Phi) is 31.6. The molecule has 0 radical (unpaired) electrons. The molecule has 0 aliphatic carbocycles. The van der Waals surface area contributed by atoms with Crippen LogP contribution in [0.2, 0.25) is 0 Å². The Morgan fingerprint density at radius 3 is 1.61 bits per heavy atom. The van der Waals surface area contributed by atoms with Crippen LogP contribution in [0.1, 0.15) is 62.5 Å². The summed E-state index contributed by atoms with van der Waals surface area (Å²) in [7, 11) is 1.40. The van der Waals surface area contributed by atoms with E-state index in [0.717, 1.165) is 11.1 Å². The molecule has 39 heteroatoms. The van der Waals surface area contributed by atoms with Crippen molar-refractivity contribution in [1.82, 2.24) is 36.1 Å². The molecular formula is C55H64F12N12O15. The molecule has 15 N–H and O–H groups in total. The van der Waals surface area contributed by atoms with E-state index in [4.69, 9.17) is 71.5 Å². The number of carboxylic acids is 4. The molecule has 0 saturated heterocycles. The lowest BCUT2D eigenvalue weighted by atomic mass is 9.87.